The van der Waals surface area contributed by atoms with Crippen LogP contribution in [0.25, 0.3) is 0 Å². The highest BCUT2D eigenvalue weighted by molar-refractivity contribution is 7.47. The van der Waals surface area contributed by atoms with Crippen LogP contribution in [0.4, 0.5) is 0 Å². The van der Waals surface area contributed by atoms with Gasteiger partial charge in [-0.25, -0.2) is 9.13 Å². The molecule has 0 amide bonds. The van der Waals surface area contributed by atoms with E-state index in [4.69, 9.17) is 37.0 Å². The van der Waals surface area contributed by atoms with Crippen molar-refractivity contribution >= 4 is 39.5 Å². The molecular weight excluding hydrogens is 1190 g/mol. The molecular formula is C71H138O17P2. The van der Waals surface area contributed by atoms with Gasteiger partial charge >= 0.3 is 39.5 Å². The van der Waals surface area contributed by atoms with Crippen LogP contribution in [0.1, 0.15) is 363 Å². The molecule has 0 bridgehead atoms. The Morgan fingerprint density at radius 2 is 0.533 bits per heavy atom. The SMILES string of the molecule is CCCCCCCCCCCCCCCC(=O)OC[C@H](COP(=O)(O)OC[C@@H](O)COP(=O)(O)OC[C@@H](COC(=O)CCCCCCCCC)OC(=O)CCCCCCCCCCC(C)CC)OC(=O)CCCCCCCCCCCCCCCCC(C)CC. The molecule has 0 aromatic rings. The molecule has 4 unspecified atom stereocenters. The number of phosphoric acid groups is 2. The number of esters is 4. The second-order valence-electron chi connectivity index (χ2n) is 26.1. The average molecular weight is 1330 g/mol. The number of aliphatic hydroxyl groups is 1. The first-order valence-electron chi connectivity index (χ1n) is 37.1. The van der Waals surface area contributed by atoms with Gasteiger partial charge in [0.1, 0.15) is 19.3 Å². The van der Waals surface area contributed by atoms with Gasteiger partial charge in [-0.1, -0.05) is 311 Å². The Kier molecular flexibility index (Phi) is 61.8. The Bertz CT molecular complexity index is 1760. The molecule has 534 valence electrons. The highest BCUT2D eigenvalue weighted by Crippen LogP contribution is 2.45. The maximum absolute atomic E-state index is 13.0. The zero-order valence-corrected chi connectivity index (χ0v) is 60.2. The number of rotatable bonds is 70. The summed E-state index contributed by atoms with van der Waals surface area (Å²) in [5, 5.41) is 10.6. The minimum Gasteiger partial charge on any atom is -0.462 e. The monoisotopic (exact) mass is 1320 g/mol. The van der Waals surface area contributed by atoms with Gasteiger partial charge in [0.05, 0.1) is 26.4 Å². The van der Waals surface area contributed by atoms with Gasteiger partial charge in [0.15, 0.2) is 12.2 Å². The predicted molar refractivity (Wildman–Crippen MR) is 363 cm³/mol. The van der Waals surface area contributed by atoms with Crippen molar-refractivity contribution in [3.05, 3.63) is 0 Å². The van der Waals surface area contributed by atoms with Crippen LogP contribution >= 0.6 is 15.6 Å². The van der Waals surface area contributed by atoms with E-state index in [1.54, 1.807) is 0 Å². The molecule has 0 saturated carbocycles. The molecule has 17 nitrogen and oxygen atoms in total. The number of hydrogen-bond acceptors (Lipinski definition) is 15. The molecule has 19 heteroatoms. The molecule has 0 heterocycles. The van der Waals surface area contributed by atoms with Gasteiger partial charge in [-0.2, -0.15) is 0 Å². The zero-order chi connectivity index (χ0) is 66.5. The summed E-state index contributed by atoms with van der Waals surface area (Å²) in [6.07, 6.45) is 48.5. The molecule has 0 radical (unpaired) electrons. The van der Waals surface area contributed by atoms with Gasteiger partial charge in [0, 0.05) is 25.7 Å². The van der Waals surface area contributed by atoms with Crippen molar-refractivity contribution < 1.29 is 80.2 Å². The van der Waals surface area contributed by atoms with Crippen molar-refractivity contribution in [3.63, 3.8) is 0 Å². The van der Waals surface area contributed by atoms with Crippen LogP contribution in [-0.4, -0.2) is 96.7 Å². The number of carbonyl (C=O) groups excluding carboxylic acids is 4. The fourth-order valence-electron chi connectivity index (χ4n) is 10.7. The Labute approximate surface area is 549 Å². The average Bonchev–Trinajstić information content (AvgIpc) is 3.71. The van der Waals surface area contributed by atoms with Crippen molar-refractivity contribution in [2.24, 2.45) is 11.8 Å². The second-order valence-corrected chi connectivity index (χ2v) is 29.0. The Morgan fingerprint density at radius 3 is 0.789 bits per heavy atom. The lowest BCUT2D eigenvalue weighted by Gasteiger charge is -2.21. The normalized spacial score (nSPS) is 14.7. The molecule has 0 aromatic carbocycles. The van der Waals surface area contributed by atoms with Crippen LogP contribution in [0.15, 0.2) is 0 Å². The fourth-order valence-corrected chi connectivity index (χ4v) is 12.3. The minimum atomic E-state index is -4.95. The largest absolute Gasteiger partial charge is 0.472 e. The topological polar surface area (TPSA) is 237 Å². The van der Waals surface area contributed by atoms with Crippen molar-refractivity contribution in [1.82, 2.24) is 0 Å². The van der Waals surface area contributed by atoms with Gasteiger partial charge in [-0.3, -0.25) is 37.3 Å². The van der Waals surface area contributed by atoms with Gasteiger partial charge in [0.2, 0.25) is 0 Å². The molecule has 0 fully saturated rings. The summed E-state index contributed by atoms with van der Waals surface area (Å²) < 4.78 is 68.2. The van der Waals surface area contributed by atoms with E-state index in [-0.39, 0.29) is 25.7 Å². The molecule has 0 spiro atoms. The van der Waals surface area contributed by atoms with Gasteiger partial charge in [-0.05, 0) is 37.5 Å². The highest BCUT2D eigenvalue weighted by Gasteiger charge is 2.30. The number of aliphatic hydroxyl groups excluding tert-OH is 1. The third-order valence-corrected chi connectivity index (χ3v) is 19.1. The number of unbranched alkanes of at least 4 members (excludes halogenated alkanes) is 38. The number of phosphoric ester groups is 2. The fraction of sp³-hybridized carbons (Fsp3) is 0.944. The molecule has 0 aromatic heterocycles. The maximum atomic E-state index is 13.0. The van der Waals surface area contributed by atoms with Crippen LogP contribution in [0.3, 0.4) is 0 Å². The Balaban J connectivity index is 5.20. The minimum absolute atomic E-state index is 0.105. The number of carbonyl (C=O) groups is 4. The third-order valence-electron chi connectivity index (χ3n) is 17.2. The zero-order valence-electron chi connectivity index (χ0n) is 58.4. The molecule has 0 saturated heterocycles. The van der Waals surface area contributed by atoms with Crippen LogP contribution in [-0.2, 0) is 65.4 Å². The summed E-state index contributed by atoms with van der Waals surface area (Å²) >= 11 is 0. The van der Waals surface area contributed by atoms with E-state index in [0.29, 0.717) is 25.7 Å². The smallest absolute Gasteiger partial charge is 0.462 e. The first kappa shape index (κ1) is 88.1. The van der Waals surface area contributed by atoms with E-state index < -0.39 is 97.5 Å². The van der Waals surface area contributed by atoms with E-state index in [1.807, 2.05) is 0 Å². The van der Waals surface area contributed by atoms with Crippen LogP contribution in [0, 0.1) is 11.8 Å². The van der Waals surface area contributed by atoms with Gasteiger partial charge < -0.3 is 33.8 Å². The van der Waals surface area contributed by atoms with Crippen molar-refractivity contribution in [1.29, 1.82) is 0 Å². The molecule has 7 atom stereocenters. The first-order valence-corrected chi connectivity index (χ1v) is 40.1. The van der Waals surface area contributed by atoms with E-state index in [2.05, 4.69) is 41.5 Å². The van der Waals surface area contributed by atoms with Crippen LogP contribution in [0.2, 0.25) is 0 Å². The number of ether oxygens (including phenoxy) is 4. The second kappa shape index (κ2) is 63.1. The Hall–Kier alpha value is -1.94. The van der Waals surface area contributed by atoms with E-state index in [0.717, 1.165) is 115 Å². The summed E-state index contributed by atoms with van der Waals surface area (Å²) in [5.41, 5.74) is 0. The van der Waals surface area contributed by atoms with Gasteiger partial charge in [0.25, 0.3) is 0 Å². The van der Waals surface area contributed by atoms with Crippen molar-refractivity contribution in [2.45, 2.75) is 381 Å². The Morgan fingerprint density at radius 1 is 0.311 bits per heavy atom. The molecule has 0 rings (SSSR count). The lowest BCUT2D eigenvalue weighted by atomic mass is 9.99. The lowest BCUT2D eigenvalue weighted by Crippen LogP contribution is -2.30. The quantitative estimate of drug-likeness (QED) is 0.0222. The van der Waals surface area contributed by atoms with Gasteiger partial charge in [-0.15, -0.1) is 0 Å². The van der Waals surface area contributed by atoms with Crippen molar-refractivity contribution in [3.8, 4) is 0 Å². The highest BCUT2D eigenvalue weighted by atomic mass is 31.2. The predicted octanol–water partition coefficient (Wildman–Crippen LogP) is 20.4. The van der Waals surface area contributed by atoms with Crippen LogP contribution in [0.5, 0.6) is 0 Å². The van der Waals surface area contributed by atoms with E-state index in [9.17, 15) is 43.2 Å². The molecule has 0 aliphatic heterocycles. The van der Waals surface area contributed by atoms with Crippen molar-refractivity contribution in [2.75, 3.05) is 39.6 Å². The lowest BCUT2D eigenvalue weighted by molar-refractivity contribution is -0.161. The first-order chi connectivity index (χ1) is 43.4. The third kappa shape index (κ3) is 62.2. The van der Waals surface area contributed by atoms with Crippen LogP contribution < -0.4 is 0 Å². The maximum Gasteiger partial charge on any atom is 0.472 e. The number of hydrogen-bond donors (Lipinski definition) is 3. The summed E-state index contributed by atoms with van der Waals surface area (Å²) in [6.45, 7) is 9.57. The van der Waals surface area contributed by atoms with E-state index in [1.165, 1.54) is 167 Å². The molecule has 3 N–H and O–H groups in total. The standard InChI is InChI=1S/C71H138O17P2/c1-7-11-13-15-17-18-19-22-26-29-36-42-48-54-69(74)82-60-67(87-70(75)55-49-43-37-30-27-24-21-20-23-25-28-34-39-45-51-63(5)9-3)62-86-90(79,80)84-58-65(72)57-83-89(77,78)85-61-66(59-81-68(73)53-47-41-33-16-14-12-8-2)88-71(76)56-50-44-38-32-31-35-40-46-52-64(6)10-4/h63-67,72H,7-62H2,1-6H3,(H,77,78)(H,79,80)/t63?,64?,65-,66+,67+/m0/s1. The van der Waals surface area contributed by atoms with E-state index >= 15 is 0 Å². The summed E-state index contributed by atoms with van der Waals surface area (Å²) in [6, 6.07) is 0. The summed E-state index contributed by atoms with van der Waals surface area (Å²) in [5.74, 6) is -0.511. The molecule has 0 aliphatic rings. The molecule has 0 aliphatic carbocycles. The molecule has 90 heavy (non-hydrogen) atoms. The summed E-state index contributed by atoms with van der Waals surface area (Å²) in [7, 11) is -9.90. The summed E-state index contributed by atoms with van der Waals surface area (Å²) in [4.78, 5) is 72.5.